The van der Waals surface area contributed by atoms with E-state index < -0.39 is 16.0 Å². The lowest BCUT2D eigenvalue weighted by Gasteiger charge is -2.23. The van der Waals surface area contributed by atoms with Gasteiger partial charge in [0, 0.05) is 19.6 Å². The van der Waals surface area contributed by atoms with E-state index in [2.05, 4.69) is 5.32 Å². The highest BCUT2D eigenvalue weighted by Crippen LogP contribution is 2.38. The second-order valence-corrected chi connectivity index (χ2v) is 7.91. The second-order valence-electron chi connectivity index (χ2n) is 6.00. The van der Waals surface area contributed by atoms with Crippen LogP contribution in [0.15, 0.2) is 29.2 Å². The van der Waals surface area contributed by atoms with Gasteiger partial charge in [0.1, 0.15) is 0 Å². The lowest BCUT2D eigenvalue weighted by atomic mass is 9.87. The monoisotopic (exact) mass is 360 g/mol. The van der Waals surface area contributed by atoms with Crippen molar-refractivity contribution < 1.29 is 17.9 Å². The summed E-state index contributed by atoms with van der Waals surface area (Å²) in [5.74, 6) is -0.629. The third kappa shape index (κ3) is 3.24. The zero-order valence-corrected chi connectivity index (χ0v) is 14.6. The van der Waals surface area contributed by atoms with E-state index in [0.717, 1.165) is 25.9 Å². The number of methoxy groups -OCH3 is 1. The Morgan fingerprint density at radius 3 is 2.70 bits per heavy atom. The average Bonchev–Trinajstić information content (AvgIpc) is 3.17. The van der Waals surface area contributed by atoms with Crippen LogP contribution in [0.4, 0.5) is 0 Å². The van der Waals surface area contributed by atoms with Crippen LogP contribution in [0.1, 0.15) is 23.2 Å². The van der Waals surface area contributed by atoms with Crippen LogP contribution in [0, 0.1) is 5.41 Å². The minimum absolute atomic E-state index is 0. The number of rotatable bonds is 3. The molecule has 2 aliphatic heterocycles. The molecule has 2 fully saturated rings. The summed E-state index contributed by atoms with van der Waals surface area (Å²) < 4.78 is 32.0. The lowest BCUT2D eigenvalue weighted by Crippen LogP contribution is -2.34. The summed E-state index contributed by atoms with van der Waals surface area (Å²) >= 11 is 0. The maximum atomic E-state index is 12.9. The first-order valence-electron chi connectivity index (χ1n) is 7.37. The van der Waals surface area contributed by atoms with Gasteiger partial charge in [-0.25, -0.2) is 13.2 Å². The Labute approximate surface area is 142 Å². The number of esters is 1. The molecule has 1 aromatic rings. The van der Waals surface area contributed by atoms with Crippen LogP contribution in [0.3, 0.4) is 0 Å². The Hall–Kier alpha value is -1.15. The first-order chi connectivity index (χ1) is 10.5. The molecular weight excluding hydrogens is 340 g/mol. The zero-order chi connectivity index (χ0) is 15.8. The number of nitrogens with one attached hydrogen (secondary N) is 1. The van der Waals surface area contributed by atoms with Crippen molar-refractivity contribution in [1.82, 2.24) is 9.62 Å². The molecule has 8 heteroatoms. The lowest BCUT2D eigenvalue weighted by molar-refractivity contribution is 0.0596. The normalized spacial score (nSPS) is 24.6. The van der Waals surface area contributed by atoms with Crippen LogP contribution in [-0.4, -0.2) is 52.0 Å². The molecule has 2 saturated heterocycles. The molecule has 1 spiro atoms. The van der Waals surface area contributed by atoms with Gasteiger partial charge in [-0.1, -0.05) is 12.1 Å². The van der Waals surface area contributed by atoms with Gasteiger partial charge in [0.2, 0.25) is 10.0 Å². The zero-order valence-electron chi connectivity index (χ0n) is 12.9. The maximum Gasteiger partial charge on any atom is 0.339 e. The van der Waals surface area contributed by atoms with Crippen LogP contribution in [0.5, 0.6) is 0 Å². The summed E-state index contributed by atoms with van der Waals surface area (Å²) in [4.78, 5) is 11.9. The summed E-state index contributed by atoms with van der Waals surface area (Å²) in [6.45, 7) is 2.81. The minimum Gasteiger partial charge on any atom is -0.465 e. The number of hydrogen-bond donors (Lipinski definition) is 1. The molecule has 1 unspecified atom stereocenters. The molecular formula is C15H21ClN2O4S. The van der Waals surface area contributed by atoms with Gasteiger partial charge < -0.3 is 10.1 Å². The first-order valence-corrected chi connectivity index (χ1v) is 8.81. The minimum atomic E-state index is -3.68. The van der Waals surface area contributed by atoms with Crippen molar-refractivity contribution in [3.05, 3.63) is 29.8 Å². The van der Waals surface area contributed by atoms with Crippen molar-refractivity contribution in [2.45, 2.75) is 17.7 Å². The largest absolute Gasteiger partial charge is 0.465 e. The summed E-state index contributed by atoms with van der Waals surface area (Å²) in [6.07, 6.45) is 1.86. The van der Waals surface area contributed by atoms with Crippen LogP contribution in [0.2, 0.25) is 0 Å². The van der Waals surface area contributed by atoms with Gasteiger partial charge in [-0.15, -0.1) is 12.4 Å². The number of benzene rings is 1. The van der Waals surface area contributed by atoms with Gasteiger partial charge in [-0.3, -0.25) is 0 Å². The van der Waals surface area contributed by atoms with E-state index in [4.69, 9.17) is 4.74 Å². The van der Waals surface area contributed by atoms with E-state index in [-0.39, 0.29) is 28.3 Å². The first kappa shape index (κ1) is 18.2. The summed E-state index contributed by atoms with van der Waals surface area (Å²) in [5.41, 5.74) is 0.142. The van der Waals surface area contributed by atoms with Gasteiger partial charge in [0.25, 0.3) is 0 Å². The van der Waals surface area contributed by atoms with E-state index >= 15 is 0 Å². The molecule has 0 aliphatic carbocycles. The summed E-state index contributed by atoms with van der Waals surface area (Å²) in [6, 6.07) is 6.22. The van der Waals surface area contributed by atoms with Gasteiger partial charge >= 0.3 is 5.97 Å². The van der Waals surface area contributed by atoms with Crippen molar-refractivity contribution in [2.24, 2.45) is 5.41 Å². The molecule has 0 saturated carbocycles. The molecule has 0 radical (unpaired) electrons. The van der Waals surface area contributed by atoms with Crippen molar-refractivity contribution in [2.75, 3.05) is 33.3 Å². The number of ether oxygens (including phenoxy) is 1. The Bertz CT molecular complexity index is 686. The maximum absolute atomic E-state index is 12.9. The fourth-order valence-corrected chi connectivity index (χ4v) is 5.09. The molecule has 3 rings (SSSR count). The fraction of sp³-hybridized carbons (Fsp3) is 0.533. The number of carbonyl (C=O) groups excluding carboxylic acids is 1. The Morgan fingerprint density at radius 2 is 2.04 bits per heavy atom. The van der Waals surface area contributed by atoms with E-state index in [1.807, 2.05) is 0 Å². The van der Waals surface area contributed by atoms with Crippen LogP contribution < -0.4 is 5.32 Å². The molecule has 1 aromatic carbocycles. The molecule has 0 amide bonds. The highest BCUT2D eigenvalue weighted by atomic mass is 35.5. The van der Waals surface area contributed by atoms with Gasteiger partial charge in [0.15, 0.2) is 0 Å². The van der Waals surface area contributed by atoms with Gasteiger partial charge in [0.05, 0.1) is 17.6 Å². The number of sulfonamides is 1. The van der Waals surface area contributed by atoms with Crippen LogP contribution in [0.25, 0.3) is 0 Å². The van der Waals surface area contributed by atoms with E-state index in [0.29, 0.717) is 13.1 Å². The molecule has 1 atom stereocenters. The van der Waals surface area contributed by atoms with Gasteiger partial charge in [-0.2, -0.15) is 4.31 Å². The standard InChI is InChI=1S/C15H20N2O4S.ClH/c1-21-14(18)12-4-2-3-5-13(12)22(19,20)17-9-7-15(11-17)6-8-16-10-15;/h2-5,16H,6-11H2,1H3;1H. The van der Waals surface area contributed by atoms with E-state index in [1.165, 1.54) is 23.5 Å². The summed E-state index contributed by atoms with van der Waals surface area (Å²) in [7, 11) is -2.43. The fourth-order valence-electron chi connectivity index (χ4n) is 3.35. The number of halogens is 1. The van der Waals surface area contributed by atoms with Crippen molar-refractivity contribution in [1.29, 1.82) is 0 Å². The summed E-state index contributed by atoms with van der Waals surface area (Å²) in [5, 5.41) is 3.31. The molecule has 128 valence electrons. The molecule has 2 aliphatic rings. The Balaban J connectivity index is 0.00000192. The quantitative estimate of drug-likeness (QED) is 0.821. The molecule has 23 heavy (non-hydrogen) atoms. The van der Waals surface area contributed by atoms with Crippen molar-refractivity contribution >= 4 is 28.4 Å². The SMILES string of the molecule is COC(=O)c1ccccc1S(=O)(=O)N1CCC2(CCNC2)C1.Cl. The third-order valence-corrected chi connectivity index (χ3v) is 6.55. The highest BCUT2D eigenvalue weighted by molar-refractivity contribution is 7.89. The van der Waals surface area contributed by atoms with E-state index in [1.54, 1.807) is 12.1 Å². The average molecular weight is 361 g/mol. The second kappa shape index (κ2) is 6.76. The van der Waals surface area contributed by atoms with Crippen LogP contribution >= 0.6 is 12.4 Å². The van der Waals surface area contributed by atoms with Crippen molar-refractivity contribution in [3.63, 3.8) is 0 Å². The van der Waals surface area contributed by atoms with Gasteiger partial charge in [-0.05, 0) is 36.9 Å². The molecule has 2 heterocycles. The predicted molar refractivity (Wildman–Crippen MR) is 88.3 cm³/mol. The number of nitrogens with zero attached hydrogens (tertiary/aromatic N) is 1. The van der Waals surface area contributed by atoms with Crippen molar-refractivity contribution in [3.8, 4) is 0 Å². The topological polar surface area (TPSA) is 75.7 Å². The molecule has 0 aromatic heterocycles. The highest BCUT2D eigenvalue weighted by Gasteiger charge is 2.45. The van der Waals surface area contributed by atoms with Crippen LogP contribution in [-0.2, 0) is 14.8 Å². The Morgan fingerprint density at radius 1 is 1.30 bits per heavy atom. The number of hydrogen-bond acceptors (Lipinski definition) is 5. The molecule has 6 nitrogen and oxygen atoms in total. The molecule has 0 bridgehead atoms. The third-order valence-electron chi connectivity index (χ3n) is 4.65. The Kier molecular flexibility index (Phi) is 5.35. The van der Waals surface area contributed by atoms with E-state index in [9.17, 15) is 13.2 Å². The number of carbonyl (C=O) groups is 1. The predicted octanol–water partition coefficient (Wildman–Crippen LogP) is 1.27. The smallest absolute Gasteiger partial charge is 0.339 e. The molecule has 1 N–H and O–H groups in total.